The van der Waals surface area contributed by atoms with Crippen LogP contribution < -0.4 is 10.2 Å². The van der Waals surface area contributed by atoms with E-state index in [1.807, 2.05) is 6.07 Å². The summed E-state index contributed by atoms with van der Waals surface area (Å²) in [5, 5.41) is 3.15. The molecule has 2 aliphatic heterocycles. The van der Waals surface area contributed by atoms with Gasteiger partial charge in [-0.15, -0.1) is 0 Å². The van der Waals surface area contributed by atoms with Gasteiger partial charge in [-0.25, -0.2) is 14.4 Å². The lowest BCUT2D eigenvalue weighted by molar-refractivity contribution is -0.125. The van der Waals surface area contributed by atoms with Crippen molar-refractivity contribution in [3.8, 4) is 11.1 Å². The molecule has 3 heterocycles. The van der Waals surface area contributed by atoms with E-state index in [2.05, 4.69) is 36.9 Å². The van der Waals surface area contributed by atoms with Crippen molar-refractivity contribution >= 4 is 11.9 Å². The fourth-order valence-electron chi connectivity index (χ4n) is 4.71. The highest BCUT2D eigenvalue weighted by Crippen LogP contribution is 2.23. The number of hydrogen-bond donors (Lipinski definition) is 1. The number of anilines is 1. The number of piperazine rings is 1. The van der Waals surface area contributed by atoms with Gasteiger partial charge in [-0.05, 0) is 43.5 Å². The fourth-order valence-corrected chi connectivity index (χ4v) is 4.71. The standard InChI is InChI=1S/C25H35FN6O/c1-2-9-30-12-14-31(15-13-30)11-8-27-24(33)21-6-4-10-32(19-21)25-28-17-22(18-29-25)20-5-3-7-23(26)16-20/h3,5,7,16-18,21H,2,4,6,8-15,19H2,1H3,(H,27,33)/t21-/m1/s1. The summed E-state index contributed by atoms with van der Waals surface area (Å²) < 4.78 is 13.5. The molecule has 1 amide bonds. The molecule has 2 fully saturated rings. The number of aromatic nitrogens is 2. The second kappa shape index (κ2) is 11.5. The van der Waals surface area contributed by atoms with E-state index in [0.29, 0.717) is 19.0 Å². The topological polar surface area (TPSA) is 64.6 Å². The second-order valence-electron chi connectivity index (χ2n) is 9.04. The maximum atomic E-state index is 13.5. The van der Waals surface area contributed by atoms with Crippen molar-refractivity contribution in [3.05, 3.63) is 42.5 Å². The minimum atomic E-state index is -0.278. The smallest absolute Gasteiger partial charge is 0.225 e. The van der Waals surface area contributed by atoms with Gasteiger partial charge in [-0.2, -0.15) is 0 Å². The van der Waals surface area contributed by atoms with Crippen molar-refractivity contribution in [1.82, 2.24) is 25.1 Å². The van der Waals surface area contributed by atoms with Crippen molar-refractivity contribution in [2.24, 2.45) is 5.92 Å². The third kappa shape index (κ3) is 6.48. The molecular formula is C25H35FN6O. The number of carbonyl (C=O) groups excluding carboxylic acids is 1. The van der Waals surface area contributed by atoms with Crippen LogP contribution in [-0.4, -0.2) is 84.6 Å². The highest BCUT2D eigenvalue weighted by atomic mass is 19.1. The van der Waals surface area contributed by atoms with Gasteiger partial charge >= 0.3 is 0 Å². The summed E-state index contributed by atoms with van der Waals surface area (Å²) in [6.07, 6.45) is 6.48. The van der Waals surface area contributed by atoms with Gasteiger partial charge in [0, 0.05) is 70.3 Å². The number of carbonyl (C=O) groups is 1. The van der Waals surface area contributed by atoms with Gasteiger partial charge in [0.1, 0.15) is 5.82 Å². The first kappa shape index (κ1) is 23.6. The number of nitrogens with zero attached hydrogens (tertiary/aromatic N) is 5. The molecule has 0 saturated carbocycles. The van der Waals surface area contributed by atoms with Crippen molar-refractivity contribution in [3.63, 3.8) is 0 Å². The predicted molar refractivity (Wildman–Crippen MR) is 129 cm³/mol. The second-order valence-corrected chi connectivity index (χ2v) is 9.04. The zero-order valence-electron chi connectivity index (χ0n) is 19.5. The van der Waals surface area contributed by atoms with Gasteiger partial charge in [-0.1, -0.05) is 19.1 Å². The lowest BCUT2D eigenvalue weighted by atomic mass is 9.97. The number of piperidine rings is 1. The molecule has 0 unspecified atom stereocenters. The molecule has 8 heteroatoms. The minimum absolute atomic E-state index is 0.0494. The largest absolute Gasteiger partial charge is 0.355 e. The molecule has 1 N–H and O–H groups in total. The zero-order valence-corrected chi connectivity index (χ0v) is 19.5. The molecule has 0 aliphatic carbocycles. The summed E-state index contributed by atoms with van der Waals surface area (Å²) in [4.78, 5) is 28.8. The van der Waals surface area contributed by atoms with Crippen molar-refractivity contribution in [2.45, 2.75) is 26.2 Å². The third-order valence-corrected chi connectivity index (χ3v) is 6.60. The zero-order chi connectivity index (χ0) is 23.0. The van der Waals surface area contributed by atoms with Crippen molar-refractivity contribution in [1.29, 1.82) is 0 Å². The Kier molecular flexibility index (Phi) is 8.23. The van der Waals surface area contributed by atoms with Gasteiger partial charge < -0.3 is 15.1 Å². The first-order valence-electron chi connectivity index (χ1n) is 12.2. The van der Waals surface area contributed by atoms with E-state index in [4.69, 9.17) is 0 Å². The average molecular weight is 455 g/mol. The van der Waals surface area contributed by atoms with Crippen LogP contribution in [0.25, 0.3) is 11.1 Å². The van der Waals surface area contributed by atoms with Crippen LogP contribution in [0.15, 0.2) is 36.7 Å². The van der Waals surface area contributed by atoms with Gasteiger partial charge in [0.25, 0.3) is 0 Å². The van der Waals surface area contributed by atoms with E-state index in [0.717, 1.165) is 63.2 Å². The van der Waals surface area contributed by atoms with Gasteiger partial charge in [-0.3, -0.25) is 9.69 Å². The Hall–Kier alpha value is -2.58. The van der Waals surface area contributed by atoms with E-state index in [1.54, 1.807) is 18.5 Å². The van der Waals surface area contributed by atoms with E-state index < -0.39 is 0 Å². The molecule has 2 saturated heterocycles. The quantitative estimate of drug-likeness (QED) is 0.662. The maximum Gasteiger partial charge on any atom is 0.225 e. The van der Waals surface area contributed by atoms with Crippen LogP contribution in [0, 0.1) is 11.7 Å². The number of rotatable bonds is 8. The van der Waals surface area contributed by atoms with Crippen LogP contribution in [0.4, 0.5) is 10.3 Å². The third-order valence-electron chi connectivity index (χ3n) is 6.60. The summed E-state index contributed by atoms with van der Waals surface area (Å²) in [5.41, 5.74) is 1.53. The number of amides is 1. The van der Waals surface area contributed by atoms with Crippen LogP contribution in [0.3, 0.4) is 0 Å². The molecule has 0 spiro atoms. The Morgan fingerprint density at radius 2 is 1.79 bits per heavy atom. The molecule has 0 radical (unpaired) electrons. The fraction of sp³-hybridized carbons (Fsp3) is 0.560. The molecule has 2 aromatic rings. The van der Waals surface area contributed by atoms with Crippen molar-refractivity contribution in [2.75, 3.05) is 63.8 Å². The van der Waals surface area contributed by atoms with Crippen LogP contribution >= 0.6 is 0 Å². The van der Waals surface area contributed by atoms with Crippen LogP contribution in [0.2, 0.25) is 0 Å². The van der Waals surface area contributed by atoms with E-state index >= 15 is 0 Å². The molecule has 1 aromatic carbocycles. The SMILES string of the molecule is CCCN1CCN(CCNC(=O)[C@@H]2CCCN(c3ncc(-c4cccc(F)c4)cn3)C2)CC1. The Bertz CT molecular complexity index is 900. The Balaban J connectivity index is 1.24. The monoisotopic (exact) mass is 454 g/mol. The van der Waals surface area contributed by atoms with Gasteiger partial charge in [0.05, 0.1) is 5.92 Å². The molecule has 1 atom stereocenters. The predicted octanol–water partition coefficient (Wildman–Crippen LogP) is 2.64. The molecular weight excluding hydrogens is 419 g/mol. The normalized spacial score (nSPS) is 20.1. The van der Waals surface area contributed by atoms with E-state index in [1.165, 1.54) is 25.1 Å². The Labute approximate surface area is 196 Å². The summed E-state index contributed by atoms with van der Waals surface area (Å²) in [7, 11) is 0. The maximum absolute atomic E-state index is 13.5. The summed E-state index contributed by atoms with van der Waals surface area (Å²) in [6.45, 7) is 10.9. The first-order chi connectivity index (χ1) is 16.1. The van der Waals surface area contributed by atoms with E-state index in [9.17, 15) is 9.18 Å². The van der Waals surface area contributed by atoms with Crippen molar-refractivity contribution < 1.29 is 9.18 Å². The lowest BCUT2D eigenvalue weighted by Gasteiger charge is -2.35. The van der Waals surface area contributed by atoms with Crippen LogP contribution in [0.1, 0.15) is 26.2 Å². The Morgan fingerprint density at radius 3 is 2.48 bits per heavy atom. The lowest BCUT2D eigenvalue weighted by Crippen LogP contribution is -2.49. The molecule has 0 bridgehead atoms. The van der Waals surface area contributed by atoms with Gasteiger partial charge in [0.2, 0.25) is 11.9 Å². The minimum Gasteiger partial charge on any atom is -0.355 e. The highest BCUT2D eigenvalue weighted by molar-refractivity contribution is 5.79. The van der Waals surface area contributed by atoms with Crippen LogP contribution in [-0.2, 0) is 4.79 Å². The number of halogens is 1. The molecule has 2 aliphatic rings. The average Bonchev–Trinajstić information content (AvgIpc) is 2.85. The summed E-state index contributed by atoms with van der Waals surface area (Å²) in [5.74, 6) is 0.421. The number of nitrogens with one attached hydrogen (secondary N) is 1. The first-order valence-corrected chi connectivity index (χ1v) is 12.2. The van der Waals surface area contributed by atoms with E-state index in [-0.39, 0.29) is 17.6 Å². The molecule has 1 aromatic heterocycles. The molecule has 7 nitrogen and oxygen atoms in total. The van der Waals surface area contributed by atoms with Gasteiger partial charge in [0.15, 0.2) is 0 Å². The van der Waals surface area contributed by atoms with Crippen LogP contribution in [0.5, 0.6) is 0 Å². The highest BCUT2D eigenvalue weighted by Gasteiger charge is 2.27. The summed E-state index contributed by atoms with van der Waals surface area (Å²) in [6, 6.07) is 6.42. The number of hydrogen-bond acceptors (Lipinski definition) is 6. The molecule has 4 rings (SSSR count). The number of benzene rings is 1. The Morgan fingerprint density at radius 1 is 1.06 bits per heavy atom. The summed E-state index contributed by atoms with van der Waals surface area (Å²) >= 11 is 0. The molecule has 178 valence electrons. The molecule has 33 heavy (non-hydrogen) atoms.